The van der Waals surface area contributed by atoms with Crippen molar-refractivity contribution >= 4 is 5.97 Å². The van der Waals surface area contributed by atoms with Crippen molar-refractivity contribution in [2.75, 3.05) is 0 Å². The summed E-state index contributed by atoms with van der Waals surface area (Å²) in [5, 5.41) is 22.3. The topological polar surface area (TPSA) is 80.4 Å². The van der Waals surface area contributed by atoms with Crippen LogP contribution in [0.4, 0.5) is 0 Å². The predicted octanol–water partition coefficient (Wildman–Crippen LogP) is 2.93. The lowest BCUT2D eigenvalue weighted by Crippen LogP contribution is -2.59. The van der Waals surface area contributed by atoms with Gasteiger partial charge in [0.05, 0.1) is 0 Å². The van der Waals surface area contributed by atoms with Crippen LogP contribution in [0.25, 0.3) is 0 Å². The smallest absolute Gasteiger partial charge is 0.318 e. The molecule has 1 unspecified atom stereocenters. The number of rotatable bonds is 2. The standard InChI is InChI=1S/C18H15NO4/c1-11-10-17(19(22)23)12-6-2-4-8-14(12)18(11,16(20)21)15-9-5-3-7-13(15)17/h2-9,11H,10H2,1H3,(H,20,21). The van der Waals surface area contributed by atoms with Crippen LogP contribution in [0.2, 0.25) is 0 Å². The first-order valence-corrected chi connectivity index (χ1v) is 7.55. The Bertz CT molecular complexity index is 810. The van der Waals surface area contributed by atoms with Gasteiger partial charge in [0.15, 0.2) is 0 Å². The van der Waals surface area contributed by atoms with Crippen molar-refractivity contribution in [2.45, 2.75) is 24.3 Å². The number of nitrogens with zero attached hydrogens (tertiary/aromatic N) is 1. The summed E-state index contributed by atoms with van der Waals surface area (Å²) < 4.78 is 0. The highest BCUT2D eigenvalue weighted by Crippen LogP contribution is 2.61. The second-order valence-corrected chi connectivity index (χ2v) is 6.43. The molecule has 2 bridgehead atoms. The van der Waals surface area contributed by atoms with Gasteiger partial charge in [0.25, 0.3) is 5.54 Å². The molecule has 0 heterocycles. The number of fused-ring (bicyclic) bond motifs is 1. The fourth-order valence-electron chi connectivity index (χ4n) is 4.72. The molecule has 116 valence electrons. The van der Waals surface area contributed by atoms with Gasteiger partial charge in [-0.25, -0.2) is 0 Å². The fraction of sp³-hybridized carbons (Fsp3) is 0.278. The molecule has 0 fully saturated rings. The molecule has 2 aromatic carbocycles. The quantitative estimate of drug-likeness (QED) is 0.683. The van der Waals surface area contributed by atoms with Crippen LogP contribution >= 0.6 is 0 Å². The summed E-state index contributed by atoms with van der Waals surface area (Å²) in [4.78, 5) is 24.3. The fourth-order valence-corrected chi connectivity index (χ4v) is 4.72. The molecule has 1 N–H and O–H groups in total. The highest BCUT2D eigenvalue weighted by atomic mass is 16.6. The number of carbonyl (C=O) groups is 1. The molecule has 0 saturated carbocycles. The second-order valence-electron chi connectivity index (χ2n) is 6.43. The number of carboxylic acids is 1. The molecule has 3 aliphatic rings. The lowest BCUT2D eigenvalue weighted by atomic mass is 9.48. The van der Waals surface area contributed by atoms with Crippen molar-refractivity contribution in [1.82, 2.24) is 0 Å². The van der Waals surface area contributed by atoms with Crippen molar-refractivity contribution in [3.63, 3.8) is 0 Å². The molecule has 3 aliphatic carbocycles. The minimum atomic E-state index is -1.36. The van der Waals surface area contributed by atoms with Crippen molar-refractivity contribution in [3.8, 4) is 0 Å². The zero-order chi connectivity index (χ0) is 16.4. The van der Waals surface area contributed by atoms with Crippen molar-refractivity contribution in [3.05, 3.63) is 80.9 Å². The van der Waals surface area contributed by atoms with Gasteiger partial charge in [-0.05, 0) is 17.0 Å². The molecule has 0 radical (unpaired) electrons. The Balaban J connectivity index is 2.24. The number of benzene rings is 2. The Kier molecular flexibility index (Phi) is 2.54. The van der Waals surface area contributed by atoms with E-state index in [1.54, 1.807) is 55.5 Å². The minimum Gasteiger partial charge on any atom is -0.480 e. The largest absolute Gasteiger partial charge is 0.480 e. The van der Waals surface area contributed by atoms with E-state index in [0.717, 1.165) is 0 Å². The van der Waals surface area contributed by atoms with Crippen molar-refractivity contribution in [2.24, 2.45) is 5.92 Å². The number of hydrogen-bond acceptors (Lipinski definition) is 3. The van der Waals surface area contributed by atoms with E-state index in [1.165, 1.54) is 0 Å². The molecule has 2 aromatic rings. The monoisotopic (exact) mass is 309 g/mol. The first kappa shape index (κ1) is 13.9. The zero-order valence-electron chi connectivity index (χ0n) is 12.5. The molecule has 0 saturated heterocycles. The predicted molar refractivity (Wildman–Crippen MR) is 82.9 cm³/mol. The van der Waals surface area contributed by atoms with Gasteiger partial charge in [0.2, 0.25) is 0 Å². The van der Waals surface area contributed by atoms with Gasteiger partial charge >= 0.3 is 5.97 Å². The lowest BCUT2D eigenvalue weighted by molar-refractivity contribution is -0.572. The molecule has 0 aromatic heterocycles. The summed E-state index contributed by atoms with van der Waals surface area (Å²) >= 11 is 0. The summed E-state index contributed by atoms with van der Waals surface area (Å²) in [6, 6.07) is 13.9. The van der Waals surface area contributed by atoms with Gasteiger partial charge in [-0.15, -0.1) is 0 Å². The summed E-state index contributed by atoms with van der Waals surface area (Å²) in [6.07, 6.45) is 0.195. The van der Waals surface area contributed by atoms with E-state index in [0.29, 0.717) is 22.3 Å². The van der Waals surface area contributed by atoms with E-state index in [2.05, 4.69) is 0 Å². The van der Waals surface area contributed by atoms with E-state index in [9.17, 15) is 20.0 Å². The van der Waals surface area contributed by atoms with Gasteiger partial charge in [-0.2, -0.15) is 0 Å². The SMILES string of the molecule is CC1CC2([N+](=O)[O-])c3ccccc3C1(C(=O)O)c1ccccc12. The van der Waals surface area contributed by atoms with Crippen LogP contribution in [0.3, 0.4) is 0 Å². The third-order valence-corrected chi connectivity index (χ3v) is 5.58. The Labute approximate surface area is 132 Å². The third kappa shape index (κ3) is 1.32. The van der Waals surface area contributed by atoms with E-state index in [-0.39, 0.29) is 17.3 Å². The Morgan fingerprint density at radius 3 is 1.91 bits per heavy atom. The highest BCUT2D eigenvalue weighted by Gasteiger charge is 2.68. The van der Waals surface area contributed by atoms with Crippen LogP contribution in [0.15, 0.2) is 48.5 Å². The highest BCUT2D eigenvalue weighted by molar-refractivity contribution is 5.90. The van der Waals surface area contributed by atoms with Crippen molar-refractivity contribution in [1.29, 1.82) is 0 Å². The first-order valence-electron chi connectivity index (χ1n) is 7.55. The van der Waals surface area contributed by atoms with Gasteiger partial charge in [0.1, 0.15) is 5.41 Å². The van der Waals surface area contributed by atoms with Crippen molar-refractivity contribution < 1.29 is 14.8 Å². The van der Waals surface area contributed by atoms with Gasteiger partial charge in [-0.1, -0.05) is 55.5 Å². The van der Waals surface area contributed by atoms with Gasteiger partial charge in [0, 0.05) is 22.5 Å². The second kappa shape index (κ2) is 4.19. The molecule has 23 heavy (non-hydrogen) atoms. The summed E-state index contributed by atoms with van der Waals surface area (Å²) in [5.74, 6) is -1.31. The maximum Gasteiger partial charge on any atom is 0.318 e. The molecular formula is C18H15NO4. The van der Waals surface area contributed by atoms with E-state index < -0.39 is 16.9 Å². The summed E-state index contributed by atoms with van der Waals surface area (Å²) in [6.45, 7) is 1.80. The van der Waals surface area contributed by atoms with E-state index in [4.69, 9.17) is 0 Å². The van der Waals surface area contributed by atoms with Crippen LogP contribution in [0.5, 0.6) is 0 Å². The van der Waals surface area contributed by atoms with Gasteiger partial charge < -0.3 is 5.11 Å². The normalized spacial score (nSPS) is 30.4. The summed E-state index contributed by atoms with van der Waals surface area (Å²) in [7, 11) is 0. The first-order chi connectivity index (χ1) is 11.0. The van der Waals surface area contributed by atoms with Crippen LogP contribution in [-0.2, 0) is 15.7 Å². The van der Waals surface area contributed by atoms with Crippen LogP contribution in [-0.4, -0.2) is 16.0 Å². The minimum absolute atomic E-state index is 0.195. The third-order valence-electron chi connectivity index (χ3n) is 5.58. The molecule has 1 atom stereocenters. The molecule has 5 nitrogen and oxygen atoms in total. The molecule has 0 amide bonds. The Hall–Kier alpha value is -2.69. The Morgan fingerprint density at radius 1 is 1.09 bits per heavy atom. The van der Waals surface area contributed by atoms with Crippen LogP contribution in [0, 0.1) is 16.0 Å². The Morgan fingerprint density at radius 2 is 1.52 bits per heavy atom. The molecule has 5 rings (SSSR count). The van der Waals surface area contributed by atoms with Crippen LogP contribution in [0.1, 0.15) is 35.6 Å². The molecule has 5 heteroatoms. The molecular weight excluding hydrogens is 294 g/mol. The van der Waals surface area contributed by atoms with Gasteiger partial charge in [-0.3, -0.25) is 14.9 Å². The zero-order valence-corrected chi connectivity index (χ0v) is 12.5. The average molecular weight is 309 g/mol. The maximum absolute atomic E-state index is 12.4. The number of carboxylic acid groups (broad SMARTS) is 1. The average Bonchev–Trinajstić information content (AvgIpc) is 2.54. The van der Waals surface area contributed by atoms with E-state index >= 15 is 0 Å². The number of aliphatic carboxylic acids is 1. The number of hydrogen-bond donors (Lipinski definition) is 1. The van der Waals surface area contributed by atoms with E-state index in [1.807, 2.05) is 0 Å². The summed E-state index contributed by atoms with van der Waals surface area (Å²) in [5.41, 5.74) is -0.425. The lowest BCUT2D eigenvalue weighted by Gasteiger charge is -2.52. The van der Waals surface area contributed by atoms with Crippen LogP contribution < -0.4 is 0 Å². The maximum atomic E-state index is 12.4. The number of nitro groups is 1. The molecule has 0 aliphatic heterocycles. The molecule has 0 spiro atoms.